The summed E-state index contributed by atoms with van der Waals surface area (Å²) >= 11 is 0. The number of rotatable bonds is 1. The summed E-state index contributed by atoms with van der Waals surface area (Å²) in [7, 11) is 0. The Morgan fingerprint density at radius 3 is 2.87 bits per heavy atom. The Balaban J connectivity index is 2.25. The number of nitrogens with zero attached hydrogens (tertiary/aromatic N) is 2. The Hall–Kier alpha value is -1.60. The summed E-state index contributed by atoms with van der Waals surface area (Å²) in [4.78, 5) is 4.15. The summed E-state index contributed by atoms with van der Waals surface area (Å²) in [5.74, 6) is 0.305. The van der Waals surface area contributed by atoms with Crippen LogP contribution in [0.5, 0.6) is 5.75 Å². The van der Waals surface area contributed by atoms with Crippen LogP contribution in [0.2, 0.25) is 0 Å². The number of aromatic hydroxyl groups is 1. The largest absolute Gasteiger partial charge is 0.505 e. The molecule has 1 N–H and O–H groups in total. The molecule has 1 aromatic rings. The quantitative estimate of drug-likeness (QED) is 0.753. The zero-order valence-electron chi connectivity index (χ0n) is 8.31. The van der Waals surface area contributed by atoms with E-state index in [9.17, 15) is 5.11 Å². The Morgan fingerprint density at radius 1 is 1.47 bits per heavy atom. The summed E-state index contributed by atoms with van der Waals surface area (Å²) in [5.41, 5.74) is 1.18. The van der Waals surface area contributed by atoms with Gasteiger partial charge in [-0.05, 0) is 18.9 Å². The van der Waals surface area contributed by atoms with Crippen molar-refractivity contribution in [1.82, 2.24) is 4.98 Å². The predicted octanol–water partition coefficient (Wildman–Crippen LogP) is 1.55. The molecule has 1 aromatic heterocycles. The second-order valence-corrected chi connectivity index (χ2v) is 3.62. The van der Waals surface area contributed by atoms with E-state index in [-0.39, 0.29) is 5.75 Å². The van der Waals surface area contributed by atoms with Gasteiger partial charge in [-0.25, -0.2) is 0 Å². The van der Waals surface area contributed by atoms with Crippen LogP contribution >= 0.6 is 0 Å². The highest BCUT2D eigenvalue weighted by molar-refractivity contribution is 5.41. The van der Waals surface area contributed by atoms with Gasteiger partial charge in [-0.2, -0.15) is 5.26 Å². The zero-order valence-corrected chi connectivity index (χ0v) is 8.31. The molecule has 1 aliphatic heterocycles. The number of aromatic nitrogens is 1. The number of ether oxygens (including phenoxy) is 1. The second-order valence-electron chi connectivity index (χ2n) is 3.62. The van der Waals surface area contributed by atoms with Gasteiger partial charge in [0.25, 0.3) is 0 Å². The van der Waals surface area contributed by atoms with Crippen molar-refractivity contribution in [2.75, 3.05) is 13.2 Å². The SMILES string of the molecule is N#Cc1cc(C2CCOCC2)ncc1O. The molecular weight excluding hydrogens is 192 g/mol. The van der Waals surface area contributed by atoms with Crippen LogP contribution in [0.4, 0.5) is 0 Å². The molecule has 0 bridgehead atoms. The van der Waals surface area contributed by atoms with Crippen molar-refractivity contribution >= 4 is 0 Å². The van der Waals surface area contributed by atoms with E-state index >= 15 is 0 Å². The van der Waals surface area contributed by atoms with Gasteiger partial charge in [0.2, 0.25) is 0 Å². The normalized spacial score (nSPS) is 17.3. The zero-order chi connectivity index (χ0) is 10.7. The molecule has 0 atom stereocenters. The molecule has 78 valence electrons. The van der Waals surface area contributed by atoms with E-state index in [1.807, 2.05) is 6.07 Å². The summed E-state index contributed by atoms with van der Waals surface area (Å²) in [5, 5.41) is 18.1. The van der Waals surface area contributed by atoms with E-state index in [2.05, 4.69) is 4.98 Å². The van der Waals surface area contributed by atoms with Gasteiger partial charge in [0, 0.05) is 24.8 Å². The van der Waals surface area contributed by atoms with Crippen LogP contribution in [-0.4, -0.2) is 23.3 Å². The molecule has 0 spiro atoms. The summed E-state index contributed by atoms with van der Waals surface area (Å²) < 4.78 is 5.26. The van der Waals surface area contributed by atoms with Crippen LogP contribution in [0.15, 0.2) is 12.3 Å². The molecule has 0 aliphatic carbocycles. The first kappa shape index (κ1) is 9.94. The van der Waals surface area contributed by atoms with Gasteiger partial charge in [0.15, 0.2) is 5.75 Å². The van der Waals surface area contributed by atoms with Gasteiger partial charge in [-0.3, -0.25) is 4.98 Å². The van der Waals surface area contributed by atoms with Crippen molar-refractivity contribution in [2.45, 2.75) is 18.8 Å². The van der Waals surface area contributed by atoms with E-state index in [1.165, 1.54) is 6.20 Å². The molecule has 15 heavy (non-hydrogen) atoms. The van der Waals surface area contributed by atoms with Gasteiger partial charge in [-0.1, -0.05) is 0 Å². The van der Waals surface area contributed by atoms with Crippen LogP contribution in [0.25, 0.3) is 0 Å². The Morgan fingerprint density at radius 2 is 2.20 bits per heavy atom. The molecule has 4 heteroatoms. The van der Waals surface area contributed by atoms with Crippen molar-refractivity contribution in [3.05, 3.63) is 23.5 Å². The van der Waals surface area contributed by atoms with Crippen LogP contribution in [-0.2, 0) is 4.74 Å². The molecule has 1 aliphatic rings. The van der Waals surface area contributed by atoms with Gasteiger partial charge in [0.05, 0.1) is 11.8 Å². The maximum atomic E-state index is 9.32. The highest BCUT2D eigenvalue weighted by Crippen LogP contribution is 2.27. The number of nitriles is 1. The lowest BCUT2D eigenvalue weighted by molar-refractivity contribution is 0.0845. The lowest BCUT2D eigenvalue weighted by Crippen LogP contribution is -2.15. The van der Waals surface area contributed by atoms with Crippen LogP contribution in [0, 0.1) is 11.3 Å². The van der Waals surface area contributed by atoms with E-state index in [4.69, 9.17) is 10.00 Å². The minimum Gasteiger partial charge on any atom is -0.505 e. The topological polar surface area (TPSA) is 66.1 Å². The van der Waals surface area contributed by atoms with E-state index in [0.29, 0.717) is 11.5 Å². The third kappa shape index (κ3) is 2.08. The molecule has 0 aromatic carbocycles. The molecule has 0 unspecified atom stereocenters. The molecule has 1 fully saturated rings. The highest BCUT2D eigenvalue weighted by Gasteiger charge is 2.18. The maximum absolute atomic E-state index is 9.32. The number of pyridine rings is 1. The molecule has 0 radical (unpaired) electrons. The average Bonchev–Trinajstić information content (AvgIpc) is 2.31. The van der Waals surface area contributed by atoms with Crippen LogP contribution < -0.4 is 0 Å². The Labute approximate surface area is 88.1 Å². The van der Waals surface area contributed by atoms with Crippen molar-refractivity contribution in [3.8, 4) is 11.8 Å². The molecule has 1 saturated heterocycles. The van der Waals surface area contributed by atoms with Gasteiger partial charge in [-0.15, -0.1) is 0 Å². The summed E-state index contributed by atoms with van der Waals surface area (Å²) in [6, 6.07) is 3.63. The fourth-order valence-electron chi connectivity index (χ4n) is 1.77. The third-order valence-corrected chi connectivity index (χ3v) is 2.66. The predicted molar refractivity (Wildman–Crippen MR) is 53.4 cm³/mol. The summed E-state index contributed by atoms with van der Waals surface area (Å²) in [6.07, 6.45) is 3.22. The highest BCUT2D eigenvalue weighted by atomic mass is 16.5. The average molecular weight is 204 g/mol. The Bertz CT molecular complexity index is 392. The smallest absolute Gasteiger partial charge is 0.151 e. The Kier molecular flexibility index (Phi) is 2.84. The second kappa shape index (κ2) is 4.28. The first-order valence-corrected chi connectivity index (χ1v) is 4.98. The molecule has 4 nitrogen and oxygen atoms in total. The van der Waals surface area contributed by atoms with Gasteiger partial charge < -0.3 is 9.84 Å². The molecule has 2 heterocycles. The van der Waals surface area contributed by atoms with Crippen LogP contribution in [0.3, 0.4) is 0 Å². The minimum absolute atomic E-state index is 0.0479. The van der Waals surface area contributed by atoms with Crippen LogP contribution in [0.1, 0.15) is 30.0 Å². The van der Waals surface area contributed by atoms with E-state index in [1.54, 1.807) is 6.07 Å². The van der Waals surface area contributed by atoms with Crippen molar-refractivity contribution in [1.29, 1.82) is 5.26 Å². The molecule has 2 rings (SSSR count). The molecule has 0 saturated carbocycles. The van der Waals surface area contributed by atoms with Crippen molar-refractivity contribution in [2.24, 2.45) is 0 Å². The summed E-state index contributed by atoms with van der Waals surface area (Å²) in [6.45, 7) is 1.49. The number of hydrogen-bond acceptors (Lipinski definition) is 4. The van der Waals surface area contributed by atoms with Gasteiger partial charge >= 0.3 is 0 Å². The number of hydrogen-bond donors (Lipinski definition) is 1. The minimum atomic E-state index is -0.0479. The maximum Gasteiger partial charge on any atom is 0.151 e. The van der Waals surface area contributed by atoms with E-state index in [0.717, 1.165) is 31.7 Å². The van der Waals surface area contributed by atoms with Crippen molar-refractivity contribution in [3.63, 3.8) is 0 Å². The molecule has 0 amide bonds. The fraction of sp³-hybridized carbons (Fsp3) is 0.455. The van der Waals surface area contributed by atoms with Gasteiger partial charge in [0.1, 0.15) is 6.07 Å². The monoisotopic (exact) mass is 204 g/mol. The first-order chi connectivity index (χ1) is 7.31. The lowest BCUT2D eigenvalue weighted by atomic mass is 9.95. The third-order valence-electron chi connectivity index (χ3n) is 2.66. The fourth-order valence-corrected chi connectivity index (χ4v) is 1.77. The standard InChI is InChI=1S/C11H12N2O2/c12-6-9-5-10(13-7-11(9)14)8-1-3-15-4-2-8/h5,7-8,14H,1-4H2. The van der Waals surface area contributed by atoms with E-state index < -0.39 is 0 Å². The lowest BCUT2D eigenvalue weighted by Gasteiger charge is -2.21. The van der Waals surface area contributed by atoms with Crippen molar-refractivity contribution < 1.29 is 9.84 Å². The molecular formula is C11H12N2O2. The first-order valence-electron chi connectivity index (χ1n) is 4.98.